The van der Waals surface area contributed by atoms with Crippen molar-refractivity contribution in [3.8, 4) is 0 Å². The van der Waals surface area contributed by atoms with E-state index in [0.717, 1.165) is 5.69 Å². The summed E-state index contributed by atoms with van der Waals surface area (Å²) in [7, 11) is 1.67. The number of carbonyl (C=O) groups is 1. The Kier molecular flexibility index (Phi) is 4.75. The summed E-state index contributed by atoms with van der Waals surface area (Å²) in [4.78, 5) is 28.0. The van der Waals surface area contributed by atoms with E-state index in [9.17, 15) is 9.59 Å². The van der Waals surface area contributed by atoms with Crippen molar-refractivity contribution in [2.45, 2.75) is 25.6 Å². The van der Waals surface area contributed by atoms with E-state index >= 15 is 0 Å². The number of alkyl halides is 1. The van der Waals surface area contributed by atoms with Gasteiger partial charge in [-0.1, -0.05) is 0 Å². The molecule has 1 N–H and O–H groups in total. The number of carbonyl (C=O) groups excluding carboxylic acids is 1. The van der Waals surface area contributed by atoms with Crippen LogP contribution in [0.1, 0.15) is 29.4 Å². The Morgan fingerprint density at radius 2 is 2.24 bits per heavy atom. The van der Waals surface area contributed by atoms with Crippen LogP contribution in [0.2, 0.25) is 0 Å². The number of rotatable bonds is 4. The third-order valence-corrected chi connectivity index (χ3v) is 2.71. The van der Waals surface area contributed by atoms with Crippen LogP contribution in [-0.4, -0.2) is 34.8 Å². The number of nitrogens with one attached hydrogen (secondary N) is 1. The molecule has 5 heteroatoms. The van der Waals surface area contributed by atoms with Gasteiger partial charge in [0.1, 0.15) is 5.56 Å². The van der Waals surface area contributed by atoms with E-state index in [2.05, 4.69) is 4.98 Å². The molecule has 17 heavy (non-hydrogen) atoms. The number of hydrogen-bond acceptors (Lipinski definition) is 2. The van der Waals surface area contributed by atoms with Crippen molar-refractivity contribution in [1.29, 1.82) is 0 Å². The van der Waals surface area contributed by atoms with Crippen molar-refractivity contribution in [1.82, 2.24) is 9.88 Å². The average Bonchev–Trinajstić information content (AvgIpc) is 2.25. The molecular weight excluding hydrogens is 240 g/mol. The van der Waals surface area contributed by atoms with Gasteiger partial charge in [-0.3, -0.25) is 9.59 Å². The number of halogens is 1. The highest BCUT2D eigenvalue weighted by molar-refractivity contribution is 6.20. The number of aryl methyl sites for hydroxylation is 1. The van der Waals surface area contributed by atoms with Crippen LogP contribution in [-0.2, 0) is 0 Å². The lowest BCUT2D eigenvalue weighted by Gasteiger charge is -2.17. The zero-order valence-corrected chi connectivity index (χ0v) is 11.0. The third-order valence-electron chi connectivity index (χ3n) is 2.50. The molecule has 0 aromatic carbocycles. The average molecular weight is 257 g/mol. The predicted octanol–water partition coefficient (Wildman–Crippen LogP) is 1.77. The molecule has 1 unspecified atom stereocenters. The highest BCUT2D eigenvalue weighted by Crippen LogP contribution is 2.04. The molecule has 0 radical (unpaired) electrons. The maximum Gasteiger partial charge on any atom is 0.259 e. The standard InChI is InChI=1S/C12H17ClN2O2/c1-8(13)4-5-15(3)12(17)10-7-14-9(2)6-11(10)16/h6-8H,4-5H2,1-3H3,(H,14,16). The number of H-pyrrole nitrogens is 1. The zero-order chi connectivity index (χ0) is 13.0. The quantitative estimate of drug-likeness (QED) is 0.835. The summed E-state index contributed by atoms with van der Waals surface area (Å²) in [5.74, 6) is -0.274. The Bertz CT molecular complexity index is 454. The van der Waals surface area contributed by atoms with E-state index in [1.807, 2.05) is 6.92 Å². The molecule has 1 amide bonds. The number of hydrogen-bond donors (Lipinski definition) is 1. The Labute approximate surface area is 106 Å². The molecule has 0 bridgehead atoms. The molecule has 1 aromatic heterocycles. The fourth-order valence-corrected chi connectivity index (χ4v) is 1.52. The van der Waals surface area contributed by atoms with E-state index in [1.165, 1.54) is 17.2 Å². The first-order chi connectivity index (χ1) is 7.91. The first kappa shape index (κ1) is 13.8. The minimum absolute atomic E-state index is 0.0153. The summed E-state index contributed by atoms with van der Waals surface area (Å²) in [6.45, 7) is 4.18. The fraction of sp³-hybridized carbons (Fsp3) is 0.500. The van der Waals surface area contributed by atoms with Crippen LogP contribution in [0.25, 0.3) is 0 Å². The van der Waals surface area contributed by atoms with Gasteiger partial charge < -0.3 is 9.88 Å². The van der Waals surface area contributed by atoms with Gasteiger partial charge in [-0.05, 0) is 20.3 Å². The topological polar surface area (TPSA) is 53.2 Å². The van der Waals surface area contributed by atoms with Gasteiger partial charge in [-0.2, -0.15) is 0 Å². The molecule has 0 aliphatic carbocycles. The first-order valence-corrected chi connectivity index (χ1v) is 5.94. The van der Waals surface area contributed by atoms with E-state index in [4.69, 9.17) is 11.6 Å². The van der Waals surface area contributed by atoms with Gasteiger partial charge in [0.15, 0.2) is 5.43 Å². The van der Waals surface area contributed by atoms with Crippen LogP contribution in [0.5, 0.6) is 0 Å². The summed E-state index contributed by atoms with van der Waals surface area (Å²) >= 11 is 5.82. The smallest absolute Gasteiger partial charge is 0.259 e. The lowest BCUT2D eigenvalue weighted by atomic mass is 10.2. The molecule has 0 spiro atoms. The highest BCUT2D eigenvalue weighted by Gasteiger charge is 2.15. The number of aromatic nitrogens is 1. The van der Waals surface area contributed by atoms with E-state index in [1.54, 1.807) is 14.0 Å². The molecule has 0 aliphatic heterocycles. The summed E-state index contributed by atoms with van der Waals surface area (Å²) in [5.41, 5.74) is 0.654. The van der Waals surface area contributed by atoms with Crippen molar-refractivity contribution in [2.24, 2.45) is 0 Å². The summed E-state index contributed by atoms with van der Waals surface area (Å²) in [5, 5.41) is 0.0153. The van der Waals surface area contributed by atoms with Crippen LogP contribution in [0.3, 0.4) is 0 Å². The van der Waals surface area contributed by atoms with Crippen molar-refractivity contribution in [2.75, 3.05) is 13.6 Å². The Morgan fingerprint density at radius 3 is 2.76 bits per heavy atom. The van der Waals surface area contributed by atoms with E-state index in [-0.39, 0.29) is 22.3 Å². The van der Waals surface area contributed by atoms with Crippen molar-refractivity contribution in [3.63, 3.8) is 0 Å². The second-order valence-electron chi connectivity index (χ2n) is 4.19. The second kappa shape index (κ2) is 5.87. The van der Waals surface area contributed by atoms with Gasteiger partial charge in [-0.15, -0.1) is 11.6 Å². The van der Waals surface area contributed by atoms with Crippen molar-refractivity contribution >= 4 is 17.5 Å². The number of amides is 1. The molecule has 1 rings (SSSR count). The van der Waals surface area contributed by atoms with E-state index < -0.39 is 0 Å². The third kappa shape index (κ3) is 3.89. The summed E-state index contributed by atoms with van der Waals surface area (Å²) < 4.78 is 0. The normalized spacial score (nSPS) is 12.2. The number of nitrogens with zero attached hydrogens (tertiary/aromatic N) is 1. The van der Waals surface area contributed by atoms with Crippen LogP contribution in [0.4, 0.5) is 0 Å². The van der Waals surface area contributed by atoms with Crippen molar-refractivity contribution in [3.05, 3.63) is 33.7 Å². The van der Waals surface area contributed by atoms with Gasteiger partial charge in [0, 0.05) is 36.9 Å². The Balaban J connectivity index is 2.78. The molecule has 0 aliphatic rings. The van der Waals surface area contributed by atoms with Gasteiger partial charge in [0.05, 0.1) is 0 Å². The van der Waals surface area contributed by atoms with Gasteiger partial charge in [-0.25, -0.2) is 0 Å². The summed E-state index contributed by atoms with van der Waals surface area (Å²) in [6, 6.07) is 1.42. The Morgan fingerprint density at radius 1 is 1.59 bits per heavy atom. The fourth-order valence-electron chi connectivity index (χ4n) is 1.42. The maximum absolute atomic E-state index is 12.0. The molecule has 1 atom stereocenters. The molecule has 1 aromatic rings. The predicted molar refractivity (Wildman–Crippen MR) is 68.7 cm³/mol. The SMILES string of the molecule is Cc1cc(=O)c(C(=O)N(C)CCC(C)Cl)c[nH]1. The van der Waals surface area contributed by atoms with Crippen LogP contribution < -0.4 is 5.43 Å². The molecule has 0 fully saturated rings. The maximum atomic E-state index is 12.0. The zero-order valence-electron chi connectivity index (χ0n) is 10.3. The van der Waals surface area contributed by atoms with Crippen LogP contribution in [0, 0.1) is 6.92 Å². The van der Waals surface area contributed by atoms with Gasteiger partial charge >= 0.3 is 0 Å². The van der Waals surface area contributed by atoms with Crippen LogP contribution in [0.15, 0.2) is 17.1 Å². The molecule has 4 nitrogen and oxygen atoms in total. The van der Waals surface area contributed by atoms with Gasteiger partial charge in [0.25, 0.3) is 5.91 Å². The minimum atomic E-state index is -0.274. The Hall–Kier alpha value is -1.29. The molecular formula is C12H17ClN2O2. The van der Waals surface area contributed by atoms with E-state index in [0.29, 0.717) is 13.0 Å². The number of aromatic amines is 1. The molecule has 0 saturated carbocycles. The molecule has 0 saturated heterocycles. The number of pyridine rings is 1. The summed E-state index contributed by atoms with van der Waals surface area (Å²) in [6.07, 6.45) is 2.16. The second-order valence-corrected chi connectivity index (χ2v) is 4.94. The van der Waals surface area contributed by atoms with Crippen molar-refractivity contribution < 1.29 is 4.79 Å². The monoisotopic (exact) mass is 256 g/mol. The largest absolute Gasteiger partial charge is 0.364 e. The molecule has 1 heterocycles. The first-order valence-electron chi connectivity index (χ1n) is 5.50. The highest BCUT2D eigenvalue weighted by atomic mass is 35.5. The minimum Gasteiger partial charge on any atom is -0.364 e. The van der Waals surface area contributed by atoms with Gasteiger partial charge in [0.2, 0.25) is 0 Å². The lowest BCUT2D eigenvalue weighted by Crippen LogP contribution is -2.32. The van der Waals surface area contributed by atoms with Crippen LogP contribution >= 0.6 is 11.6 Å². The lowest BCUT2D eigenvalue weighted by molar-refractivity contribution is 0.0792. The molecule has 94 valence electrons.